The highest BCUT2D eigenvalue weighted by molar-refractivity contribution is 6.31. The van der Waals surface area contributed by atoms with Crippen LogP contribution in [0.15, 0.2) is 48.7 Å². The molecule has 3 rings (SSSR count). The number of anilines is 2. The van der Waals surface area contributed by atoms with Crippen molar-refractivity contribution in [2.75, 3.05) is 11.1 Å². The molecule has 1 amide bonds. The molecule has 0 saturated carbocycles. The summed E-state index contributed by atoms with van der Waals surface area (Å²) in [7, 11) is 0. The first-order chi connectivity index (χ1) is 10.1. The van der Waals surface area contributed by atoms with Gasteiger partial charge in [0.25, 0.3) is 0 Å². The molecule has 1 aromatic heterocycles. The highest BCUT2D eigenvalue weighted by atomic mass is 35.5. The number of nitrogens with two attached hydrogens (primary N) is 1. The summed E-state index contributed by atoms with van der Waals surface area (Å²) in [4.78, 5) is 12.1. The first-order valence-electron chi connectivity index (χ1n) is 6.39. The average molecular weight is 301 g/mol. The number of halogens is 1. The second kappa shape index (κ2) is 5.46. The molecule has 0 unspecified atom stereocenters. The number of hydrogen-bond donors (Lipinski definition) is 2. The Morgan fingerprint density at radius 2 is 2.10 bits per heavy atom. The lowest BCUT2D eigenvalue weighted by atomic mass is 10.2. The molecule has 0 radical (unpaired) electrons. The fourth-order valence-electron chi connectivity index (χ4n) is 2.13. The van der Waals surface area contributed by atoms with E-state index in [1.165, 1.54) is 0 Å². The summed E-state index contributed by atoms with van der Waals surface area (Å²) in [6, 6.07) is 12.7. The second-order valence-electron chi connectivity index (χ2n) is 4.64. The molecule has 21 heavy (non-hydrogen) atoms. The molecule has 0 spiro atoms. The topological polar surface area (TPSA) is 72.9 Å². The van der Waals surface area contributed by atoms with Gasteiger partial charge in [0.05, 0.1) is 23.1 Å². The Bertz CT molecular complexity index is 812. The number of fused-ring (bicyclic) bond motifs is 1. The number of rotatable bonds is 3. The number of aromatic nitrogens is 2. The van der Waals surface area contributed by atoms with Gasteiger partial charge in [-0.2, -0.15) is 5.10 Å². The molecule has 0 aliphatic rings. The molecule has 0 bridgehead atoms. The first kappa shape index (κ1) is 13.5. The molecular weight excluding hydrogens is 288 g/mol. The summed E-state index contributed by atoms with van der Waals surface area (Å²) in [5, 5.41) is 8.50. The molecule has 1 heterocycles. The molecule has 0 aliphatic heterocycles. The van der Waals surface area contributed by atoms with Gasteiger partial charge in [0.1, 0.15) is 6.54 Å². The number of nitrogens with one attached hydrogen (secondary N) is 1. The maximum Gasteiger partial charge on any atom is 0.246 e. The first-order valence-corrected chi connectivity index (χ1v) is 6.77. The van der Waals surface area contributed by atoms with Crippen LogP contribution in [-0.2, 0) is 11.3 Å². The van der Waals surface area contributed by atoms with E-state index in [1.54, 1.807) is 29.1 Å². The van der Waals surface area contributed by atoms with Crippen molar-refractivity contribution in [1.82, 2.24) is 9.78 Å². The van der Waals surface area contributed by atoms with Gasteiger partial charge < -0.3 is 11.1 Å². The summed E-state index contributed by atoms with van der Waals surface area (Å²) in [6.07, 6.45) is 1.74. The molecule has 0 atom stereocenters. The van der Waals surface area contributed by atoms with Crippen LogP contribution in [-0.4, -0.2) is 15.7 Å². The minimum absolute atomic E-state index is 0.121. The van der Waals surface area contributed by atoms with Gasteiger partial charge in [-0.1, -0.05) is 29.8 Å². The fraction of sp³-hybridized carbons (Fsp3) is 0.0667. The molecule has 3 aromatic rings. The lowest BCUT2D eigenvalue weighted by Gasteiger charge is -2.09. The van der Waals surface area contributed by atoms with E-state index in [1.807, 2.05) is 24.3 Å². The van der Waals surface area contributed by atoms with Gasteiger partial charge in [-0.05, 0) is 24.3 Å². The predicted octanol–water partition coefficient (Wildman–Crippen LogP) is 2.91. The summed E-state index contributed by atoms with van der Waals surface area (Å²) >= 11 is 5.83. The normalized spacial score (nSPS) is 10.7. The Labute approximate surface area is 126 Å². The number of carbonyl (C=O) groups excluding carboxylic acids is 1. The van der Waals surface area contributed by atoms with E-state index in [4.69, 9.17) is 17.3 Å². The van der Waals surface area contributed by atoms with Crippen LogP contribution in [0, 0.1) is 0 Å². The Morgan fingerprint density at radius 3 is 2.90 bits per heavy atom. The third-order valence-electron chi connectivity index (χ3n) is 3.13. The zero-order chi connectivity index (χ0) is 14.8. The highest BCUT2D eigenvalue weighted by Crippen LogP contribution is 2.22. The van der Waals surface area contributed by atoms with Gasteiger partial charge in [-0.15, -0.1) is 0 Å². The van der Waals surface area contributed by atoms with E-state index >= 15 is 0 Å². The van der Waals surface area contributed by atoms with E-state index in [0.717, 1.165) is 10.9 Å². The molecule has 3 N–H and O–H groups in total. The predicted molar refractivity (Wildman–Crippen MR) is 84.2 cm³/mol. The largest absolute Gasteiger partial charge is 0.397 e. The summed E-state index contributed by atoms with van der Waals surface area (Å²) in [5.74, 6) is -0.196. The van der Waals surface area contributed by atoms with E-state index in [0.29, 0.717) is 16.4 Å². The van der Waals surface area contributed by atoms with Crippen molar-refractivity contribution in [2.45, 2.75) is 6.54 Å². The summed E-state index contributed by atoms with van der Waals surface area (Å²) in [5.41, 5.74) is 7.70. The van der Waals surface area contributed by atoms with Crippen molar-refractivity contribution in [3.05, 3.63) is 53.7 Å². The van der Waals surface area contributed by atoms with Crippen LogP contribution in [0.1, 0.15) is 0 Å². The molecule has 2 aromatic carbocycles. The number of nitrogen functional groups attached to an aromatic ring is 1. The van der Waals surface area contributed by atoms with Crippen molar-refractivity contribution in [2.24, 2.45) is 0 Å². The summed E-state index contributed by atoms with van der Waals surface area (Å²) in [6.45, 7) is 0.121. The highest BCUT2D eigenvalue weighted by Gasteiger charge is 2.09. The third-order valence-corrected chi connectivity index (χ3v) is 3.37. The Balaban J connectivity index is 1.77. The van der Waals surface area contributed by atoms with E-state index in [-0.39, 0.29) is 12.5 Å². The van der Waals surface area contributed by atoms with Crippen molar-refractivity contribution in [3.8, 4) is 0 Å². The quantitative estimate of drug-likeness (QED) is 0.730. The zero-order valence-electron chi connectivity index (χ0n) is 11.1. The van der Waals surface area contributed by atoms with Crippen LogP contribution in [0.2, 0.25) is 5.02 Å². The monoisotopic (exact) mass is 300 g/mol. The van der Waals surface area contributed by atoms with Crippen molar-refractivity contribution in [3.63, 3.8) is 0 Å². The van der Waals surface area contributed by atoms with Gasteiger partial charge in [0.2, 0.25) is 5.91 Å². The van der Waals surface area contributed by atoms with E-state index in [9.17, 15) is 4.79 Å². The SMILES string of the molecule is Nc1cc(Cl)ccc1NC(=O)Cn1ncc2ccccc21. The number of carbonyl (C=O) groups is 1. The van der Waals surface area contributed by atoms with Gasteiger partial charge in [-0.25, -0.2) is 0 Å². The maximum absolute atomic E-state index is 12.1. The number of benzene rings is 2. The lowest BCUT2D eigenvalue weighted by molar-refractivity contribution is -0.116. The minimum Gasteiger partial charge on any atom is -0.397 e. The number of nitrogens with zero attached hydrogens (tertiary/aromatic N) is 2. The minimum atomic E-state index is -0.196. The van der Waals surface area contributed by atoms with Gasteiger partial charge >= 0.3 is 0 Å². The van der Waals surface area contributed by atoms with Gasteiger partial charge in [0, 0.05) is 10.4 Å². The molecule has 0 saturated heterocycles. The molecule has 0 aliphatic carbocycles. The number of para-hydroxylation sites is 1. The van der Waals surface area contributed by atoms with Crippen LogP contribution >= 0.6 is 11.6 Å². The van der Waals surface area contributed by atoms with E-state index < -0.39 is 0 Å². The van der Waals surface area contributed by atoms with Crippen molar-refractivity contribution in [1.29, 1.82) is 0 Å². The molecular formula is C15H13ClN4O. The van der Waals surface area contributed by atoms with E-state index in [2.05, 4.69) is 10.4 Å². The van der Waals surface area contributed by atoms with Crippen LogP contribution < -0.4 is 11.1 Å². The third kappa shape index (κ3) is 2.83. The Morgan fingerprint density at radius 1 is 1.29 bits per heavy atom. The van der Waals surface area contributed by atoms with Crippen molar-refractivity contribution >= 4 is 39.8 Å². The Hall–Kier alpha value is -2.53. The van der Waals surface area contributed by atoms with Crippen LogP contribution in [0.3, 0.4) is 0 Å². The lowest BCUT2D eigenvalue weighted by Crippen LogP contribution is -2.20. The van der Waals surface area contributed by atoms with Crippen LogP contribution in [0.5, 0.6) is 0 Å². The zero-order valence-corrected chi connectivity index (χ0v) is 11.8. The van der Waals surface area contributed by atoms with Gasteiger partial charge in [0.15, 0.2) is 0 Å². The van der Waals surface area contributed by atoms with Crippen LogP contribution in [0.4, 0.5) is 11.4 Å². The smallest absolute Gasteiger partial charge is 0.246 e. The van der Waals surface area contributed by atoms with Crippen LogP contribution in [0.25, 0.3) is 10.9 Å². The molecule has 6 heteroatoms. The number of amides is 1. The summed E-state index contributed by atoms with van der Waals surface area (Å²) < 4.78 is 1.65. The average Bonchev–Trinajstić information content (AvgIpc) is 2.85. The fourth-order valence-corrected chi connectivity index (χ4v) is 2.31. The molecule has 0 fully saturated rings. The van der Waals surface area contributed by atoms with Crippen molar-refractivity contribution < 1.29 is 4.79 Å². The Kier molecular flexibility index (Phi) is 3.50. The molecule has 5 nitrogen and oxygen atoms in total. The second-order valence-corrected chi connectivity index (χ2v) is 5.08. The standard InChI is InChI=1S/C15H13ClN4O/c16-11-5-6-13(12(17)7-11)19-15(21)9-20-14-4-2-1-3-10(14)8-18-20/h1-8H,9,17H2,(H,19,21). The number of hydrogen-bond acceptors (Lipinski definition) is 3. The van der Waals surface area contributed by atoms with Gasteiger partial charge in [-0.3, -0.25) is 9.48 Å². The molecule has 106 valence electrons. The maximum atomic E-state index is 12.1.